The van der Waals surface area contributed by atoms with E-state index in [9.17, 15) is 26.4 Å². The number of nitrogens with one attached hydrogen (secondary N) is 3. The van der Waals surface area contributed by atoms with E-state index < -0.39 is 28.1 Å². The van der Waals surface area contributed by atoms with E-state index in [1.807, 2.05) is 11.9 Å². The Hall–Kier alpha value is -3.84. The Kier molecular flexibility index (Phi) is 5.75. The molecule has 3 N–H and O–H groups in total. The second-order valence-corrected chi connectivity index (χ2v) is 9.97. The number of anilines is 2. The third kappa shape index (κ3) is 4.42. The minimum Gasteiger partial charge on any atom is -0.406 e. The zero-order valence-corrected chi connectivity index (χ0v) is 19.6. The molecule has 9 nitrogen and oxygen atoms in total. The molecule has 0 saturated heterocycles. The topological polar surface area (TPSA) is 116 Å². The summed E-state index contributed by atoms with van der Waals surface area (Å²) in [5.74, 6) is -0.235. The molecule has 2 aromatic carbocycles. The molecule has 0 amide bonds. The molecule has 3 heterocycles. The molecule has 36 heavy (non-hydrogen) atoms. The molecule has 1 aromatic heterocycles. The summed E-state index contributed by atoms with van der Waals surface area (Å²) in [5, 5.41) is 10.2. The van der Waals surface area contributed by atoms with Crippen molar-refractivity contribution >= 4 is 27.3 Å². The van der Waals surface area contributed by atoms with Crippen LogP contribution >= 0.6 is 0 Å². The molecule has 2 aliphatic rings. The highest BCUT2D eigenvalue weighted by Gasteiger charge is 2.39. The highest BCUT2D eigenvalue weighted by Crippen LogP contribution is 2.44. The van der Waals surface area contributed by atoms with Gasteiger partial charge in [0.1, 0.15) is 5.75 Å². The molecule has 0 bridgehead atoms. The first-order valence-corrected chi connectivity index (χ1v) is 12.2. The SMILES string of the molecule is CN1C2=C(C(=O)CNC2)C(c2ccc(S(=O)(=O)Nc3ccc(OC(F)(F)F)cc3)cc2)c2c[nH]nc21. The molecule has 5 rings (SSSR count). The van der Waals surface area contributed by atoms with Gasteiger partial charge in [0.15, 0.2) is 11.6 Å². The average Bonchev–Trinajstić information content (AvgIpc) is 3.30. The number of halogens is 3. The summed E-state index contributed by atoms with van der Waals surface area (Å²) in [4.78, 5) is 14.7. The third-order valence-electron chi connectivity index (χ3n) is 6.02. The summed E-state index contributed by atoms with van der Waals surface area (Å²) in [6, 6.07) is 10.5. The van der Waals surface area contributed by atoms with E-state index in [-0.39, 0.29) is 22.9 Å². The largest absolute Gasteiger partial charge is 0.573 e. The first-order valence-electron chi connectivity index (χ1n) is 10.8. The second-order valence-electron chi connectivity index (χ2n) is 8.29. The lowest BCUT2D eigenvalue weighted by molar-refractivity contribution is -0.274. The average molecular weight is 520 g/mol. The number of H-pyrrole nitrogens is 1. The lowest BCUT2D eigenvalue weighted by atomic mass is 9.79. The summed E-state index contributed by atoms with van der Waals surface area (Å²) in [6.07, 6.45) is -3.11. The number of ether oxygens (including phenoxy) is 1. The minimum atomic E-state index is -4.84. The van der Waals surface area contributed by atoms with Gasteiger partial charge < -0.3 is 15.0 Å². The van der Waals surface area contributed by atoms with Crippen LogP contribution in [0.2, 0.25) is 0 Å². The van der Waals surface area contributed by atoms with Crippen LogP contribution in [-0.4, -0.2) is 50.9 Å². The van der Waals surface area contributed by atoms with Crippen LogP contribution in [0.3, 0.4) is 0 Å². The summed E-state index contributed by atoms with van der Waals surface area (Å²) in [7, 11) is -2.19. The van der Waals surface area contributed by atoms with Gasteiger partial charge in [0.25, 0.3) is 10.0 Å². The Morgan fingerprint density at radius 3 is 2.44 bits per heavy atom. The molecular formula is C23H20F3N5O4S. The zero-order chi connectivity index (χ0) is 25.7. The van der Waals surface area contributed by atoms with Crippen LogP contribution in [0.1, 0.15) is 17.0 Å². The molecule has 2 aliphatic heterocycles. The zero-order valence-electron chi connectivity index (χ0n) is 18.8. The van der Waals surface area contributed by atoms with Crippen molar-refractivity contribution in [1.82, 2.24) is 15.5 Å². The molecule has 0 aliphatic carbocycles. The Labute approximate surface area is 204 Å². The maximum atomic E-state index is 12.9. The van der Waals surface area contributed by atoms with Crippen molar-refractivity contribution in [3.05, 3.63) is 77.1 Å². The van der Waals surface area contributed by atoms with Crippen LogP contribution in [0.5, 0.6) is 5.75 Å². The quantitative estimate of drug-likeness (QED) is 0.474. The molecule has 3 aromatic rings. The number of benzene rings is 2. The Balaban J connectivity index is 1.41. The monoisotopic (exact) mass is 519 g/mol. The van der Waals surface area contributed by atoms with Crippen molar-refractivity contribution in [1.29, 1.82) is 0 Å². The second kappa shape index (κ2) is 8.68. The molecule has 1 atom stereocenters. The lowest BCUT2D eigenvalue weighted by Crippen LogP contribution is -2.42. The number of hydrogen-bond acceptors (Lipinski definition) is 7. The fourth-order valence-electron chi connectivity index (χ4n) is 4.45. The minimum absolute atomic E-state index is 0.0451. The van der Waals surface area contributed by atoms with E-state index in [0.29, 0.717) is 17.9 Å². The number of sulfonamides is 1. The number of Topliss-reactive ketones (excluding diaryl/α,β-unsaturated/α-hetero) is 1. The number of hydrogen-bond donors (Lipinski definition) is 3. The Morgan fingerprint density at radius 2 is 1.78 bits per heavy atom. The van der Waals surface area contributed by atoms with Gasteiger partial charge in [0, 0.05) is 48.2 Å². The van der Waals surface area contributed by atoms with Gasteiger partial charge >= 0.3 is 6.36 Å². The summed E-state index contributed by atoms with van der Waals surface area (Å²) in [6.45, 7) is 0.711. The van der Waals surface area contributed by atoms with Crippen LogP contribution in [0.15, 0.2) is 70.9 Å². The van der Waals surface area contributed by atoms with Gasteiger partial charge in [-0.2, -0.15) is 5.10 Å². The van der Waals surface area contributed by atoms with Gasteiger partial charge in [0.05, 0.1) is 11.4 Å². The van der Waals surface area contributed by atoms with Crippen LogP contribution in [-0.2, 0) is 14.8 Å². The fourth-order valence-corrected chi connectivity index (χ4v) is 5.51. The van der Waals surface area contributed by atoms with Crippen LogP contribution in [0.4, 0.5) is 24.7 Å². The maximum absolute atomic E-state index is 12.9. The van der Waals surface area contributed by atoms with E-state index in [2.05, 4.69) is 25.0 Å². The van der Waals surface area contributed by atoms with E-state index in [1.165, 1.54) is 24.3 Å². The number of aromatic amines is 1. The van der Waals surface area contributed by atoms with Gasteiger partial charge in [-0.3, -0.25) is 14.6 Å². The normalized spacial score (nSPS) is 18.1. The molecular weight excluding hydrogens is 499 g/mol. The standard InChI is InChI=1S/C23H20F3N5O4S/c1-31-18-11-27-12-19(32)21(18)20(17-10-28-29-22(17)31)13-2-8-16(9-3-13)36(33,34)30-14-4-6-15(7-5-14)35-23(24,25)26/h2-10,20,27,30H,11-12H2,1H3,(H,28,29). The first kappa shape index (κ1) is 23.9. The number of aromatic nitrogens is 2. The number of carbonyl (C=O) groups excluding carboxylic acids is 1. The van der Waals surface area contributed by atoms with Gasteiger partial charge in [-0.05, 0) is 42.0 Å². The van der Waals surface area contributed by atoms with E-state index in [0.717, 1.165) is 29.0 Å². The van der Waals surface area contributed by atoms with Crippen molar-refractivity contribution in [3.63, 3.8) is 0 Å². The van der Waals surface area contributed by atoms with Crippen LogP contribution < -0.4 is 19.7 Å². The van der Waals surface area contributed by atoms with Gasteiger partial charge in [-0.25, -0.2) is 8.42 Å². The number of fused-ring (bicyclic) bond motifs is 1. The Bertz CT molecular complexity index is 1450. The number of rotatable bonds is 5. The summed E-state index contributed by atoms with van der Waals surface area (Å²) < 4.78 is 68.9. The number of likely N-dealkylation sites (N-methyl/N-ethyl adjacent to an activating group) is 1. The van der Waals surface area contributed by atoms with E-state index in [1.54, 1.807) is 18.3 Å². The molecule has 0 saturated carbocycles. The van der Waals surface area contributed by atoms with Crippen molar-refractivity contribution in [3.8, 4) is 5.75 Å². The maximum Gasteiger partial charge on any atom is 0.573 e. The summed E-state index contributed by atoms with van der Waals surface area (Å²) >= 11 is 0. The number of ketones is 1. The van der Waals surface area contributed by atoms with Crippen molar-refractivity contribution in [2.45, 2.75) is 17.2 Å². The molecule has 0 radical (unpaired) electrons. The van der Waals surface area contributed by atoms with E-state index >= 15 is 0 Å². The van der Waals surface area contributed by atoms with Crippen molar-refractivity contribution in [2.24, 2.45) is 0 Å². The van der Waals surface area contributed by atoms with Gasteiger partial charge in [-0.15, -0.1) is 13.2 Å². The first-order chi connectivity index (χ1) is 17.0. The predicted octanol–water partition coefficient (Wildman–Crippen LogP) is 3.12. The Morgan fingerprint density at radius 1 is 1.08 bits per heavy atom. The number of carbonyl (C=O) groups is 1. The molecule has 0 spiro atoms. The summed E-state index contributed by atoms with van der Waals surface area (Å²) in [5.41, 5.74) is 3.05. The number of alkyl halides is 3. The molecule has 188 valence electrons. The van der Waals surface area contributed by atoms with Crippen molar-refractivity contribution in [2.75, 3.05) is 29.8 Å². The van der Waals surface area contributed by atoms with Gasteiger partial charge in [0.2, 0.25) is 0 Å². The van der Waals surface area contributed by atoms with Crippen LogP contribution in [0, 0.1) is 0 Å². The fraction of sp³-hybridized carbons (Fsp3) is 0.217. The highest BCUT2D eigenvalue weighted by atomic mass is 32.2. The molecule has 13 heteroatoms. The van der Waals surface area contributed by atoms with Gasteiger partial charge in [-0.1, -0.05) is 12.1 Å². The van der Waals surface area contributed by atoms with Crippen molar-refractivity contribution < 1.29 is 31.1 Å². The molecule has 1 unspecified atom stereocenters. The van der Waals surface area contributed by atoms with Crippen LogP contribution in [0.25, 0.3) is 0 Å². The smallest absolute Gasteiger partial charge is 0.406 e. The molecule has 0 fully saturated rings. The highest BCUT2D eigenvalue weighted by molar-refractivity contribution is 7.92. The van der Waals surface area contributed by atoms with E-state index in [4.69, 9.17) is 0 Å². The lowest BCUT2D eigenvalue weighted by Gasteiger charge is -2.36. The number of nitrogens with zero attached hydrogens (tertiary/aromatic N) is 2. The predicted molar refractivity (Wildman–Crippen MR) is 124 cm³/mol. The third-order valence-corrected chi connectivity index (χ3v) is 7.42.